The first-order valence-electron chi connectivity index (χ1n) is 9.56. The van der Waals surface area contributed by atoms with Gasteiger partial charge in [0.05, 0.1) is 0 Å². The van der Waals surface area contributed by atoms with E-state index in [9.17, 15) is 14.4 Å². The van der Waals surface area contributed by atoms with Crippen molar-refractivity contribution < 1.29 is 14.4 Å². The van der Waals surface area contributed by atoms with Gasteiger partial charge < -0.3 is 10.3 Å². The fraction of sp³-hybridized carbons (Fsp3) is 0.227. The highest BCUT2D eigenvalue weighted by Gasteiger charge is 2.49. The van der Waals surface area contributed by atoms with Gasteiger partial charge in [-0.2, -0.15) is 5.01 Å². The van der Waals surface area contributed by atoms with E-state index < -0.39 is 17.5 Å². The fourth-order valence-corrected chi connectivity index (χ4v) is 3.67. The Morgan fingerprint density at radius 3 is 2.59 bits per heavy atom. The number of aromatic nitrogens is 1. The van der Waals surface area contributed by atoms with Crippen molar-refractivity contribution in [2.45, 2.75) is 31.7 Å². The molecule has 1 aliphatic rings. The summed E-state index contributed by atoms with van der Waals surface area (Å²) in [6.07, 6.45) is 3.48. The quantitative estimate of drug-likeness (QED) is 0.565. The van der Waals surface area contributed by atoms with Gasteiger partial charge in [-0.25, -0.2) is 4.79 Å². The first-order chi connectivity index (χ1) is 14.0. The summed E-state index contributed by atoms with van der Waals surface area (Å²) in [6, 6.07) is 16.3. The molecular weight excluding hydrogens is 368 g/mol. The maximum atomic E-state index is 12.8. The van der Waals surface area contributed by atoms with Crippen molar-refractivity contribution in [1.82, 2.24) is 20.7 Å². The molecule has 3 aromatic rings. The second kappa shape index (κ2) is 7.43. The number of nitrogens with one attached hydrogen (secondary N) is 3. The number of carbonyl (C=O) groups is 3. The SMILES string of the molecule is CC1(c2ccccc2)NC(=O)N(NC(=O)CCCc2c[nH]c3ccccc23)C1=O. The van der Waals surface area contributed by atoms with Crippen LogP contribution < -0.4 is 10.7 Å². The minimum absolute atomic E-state index is 0.207. The van der Waals surface area contributed by atoms with Crippen LogP contribution in [-0.2, 0) is 21.5 Å². The molecule has 0 spiro atoms. The van der Waals surface area contributed by atoms with Gasteiger partial charge in [0.25, 0.3) is 5.91 Å². The Bertz CT molecular complexity index is 1080. The number of nitrogens with zero attached hydrogens (tertiary/aromatic N) is 1. The maximum absolute atomic E-state index is 12.8. The van der Waals surface area contributed by atoms with Crippen LogP contribution in [0.5, 0.6) is 0 Å². The molecule has 4 amide bonds. The molecule has 2 heterocycles. The third-order valence-electron chi connectivity index (χ3n) is 5.30. The molecule has 0 aliphatic carbocycles. The van der Waals surface area contributed by atoms with Gasteiger partial charge in [0.1, 0.15) is 5.54 Å². The van der Waals surface area contributed by atoms with Crippen LogP contribution >= 0.6 is 0 Å². The van der Waals surface area contributed by atoms with Crippen LogP contribution in [-0.4, -0.2) is 27.8 Å². The summed E-state index contributed by atoms with van der Waals surface area (Å²) in [7, 11) is 0. The van der Waals surface area contributed by atoms with Crippen LogP contribution in [0.25, 0.3) is 10.9 Å². The number of hydrazine groups is 1. The Morgan fingerprint density at radius 2 is 1.79 bits per heavy atom. The highest BCUT2D eigenvalue weighted by molar-refractivity contribution is 6.08. The van der Waals surface area contributed by atoms with E-state index in [-0.39, 0.29) is 12.3 Å². The lowest BCUT2D eigenvalue weighted by Crippen LogP contribution is -2.47. The second-order valence-corrected chi connectivity index (χ2v) is 7.31. The third kappa shape index (κ3) is 3.47. The number of para-hydroxylation sites is 1. The topological polar surface area (TPSA) is 94.3 Å². The minimum atomic E-state index is -1.20. The second-order valence-electron chi connectivity index (χ2n) is 7.31. The molecule has 2 aromatic carbocycles. The molecule has 148 valence electrons. The van der Waals surface area contributed by atoms with E-state index in [1.165, 1.54) is 0 Å². The smallest absolute Gasteiger partial charge is 0.344 e. The van der Waals surface area contributed by atoms with Crippen LogP contribution in [0.15, 0.2) is 60.8 Å². The summed E-state index contributed by atoms with van der Waals surface area (Å²) < 4.78 is 0. The van der Waals surface area contributed by atoms with Crippen LogP contribution in [0, 0.1) is 0 Å². The zero-order valence-electron chi connectivity index (χ0n) is 16.1. The van der Waals surface area contributed by atoms with Crippen LogP contribution in [0.3, 0.4) is 0 Å². The van der Waals surface area contributed by atoms with Crippen molar-refractivity contribution in [3.63, 3.8) is 0 Å². The summed E-state index contributed by atoms with van der Waals surface area (Å²) in [4.78, 5) is 40.6. The predicted molar refractivity (Wildman–Crippen MR) is 109 cm³/mol. The van der Waals surface area contributed by atoms with E-state index in [0.717, 1.165) is 27.9 Å². The van der Waals surface area contributed by atoms with Crippen molar-refractivity contribution in [3.05, 3.63) is 71.9 Å². The highest BCUT2D eigenvalue weighted by Crippen LogP contribution is 2.27. The number of aromatic amines is 1. The number of carbonyl (C=O) groups excluding carboxylic acids is 3. The Balaban J connectivity index is 1.36. The number of H-pyrrole nitrogens is 1. The summed E-state index contributed by atoms with van der Waals surface area (Å²) in [5, 5.41) is 4.59. The number of urea groups is 1. The molecule has 1 saturated heterocycles. The first kappa shape index (κ1) is 18.7. The van der Waals surface area contributed by atoms with E-state index in [2.05, 4.69) is 15.7 Å². The molecule has 1 aliphatic heterocycles. The monoisotopic (exact) mass is 390 g/mol. The average Bonchev–Trinajstić information content (AvgIpc) is 3.24. The van der Waals surface area contributed by atoms with E-state index in [1.54, 1.807) is 31.2 Å². The molecule has 3 N–H and O–H groups in total. The van der Waals surface area contributed by atoms with E-state index in [4.69, 9.17) is 0 Å². The summed E-state index contributed by atoms with van der Waals surface area (Å²) in [5.41, 5.74) is 4.11. The van der Waals surface area contributed by atoms with Gasteiger partial charge in [0.2, 0.25) is 5.91 Å². The molecule has 0 bridgehead atoms. The summed E-state index contributed by atoms with van der Waals surface area (Å²) >= 11 is 0. The lowest BCUT2D eigenvalue weighted by atomic mass is 9.92. The number of benzene rings is 2. The number of hydrogen-bond acceptors (Lipinski definition) is 3. The first-order valence-corrected chi connectivity index (χ1v) is 9.56. The van der Waals surface area contributed by atoms with Gasteiger partial charge in [-0.05, 0) is 37.0 Å². The van der Waals surface area contributed by atoms with Gasteiger partial charge in [0, 0.05) is 23.5 Å². The van der Waals surface area contributed by atoms with Crippen molar-refractivity contribution in [1.29, 1.82) is 0 Å². The highest BCUT2D eigenvalue weighted by atomic mass is 16.2. The van der Waals surface area contributed by atoms with Crippen molar-refractivity contribution >= 4 is 28.7 Å². The van der Waals surface area contributed by atoms with Gasteiger partial charge in [-0.1, -0.05) is 48.5 Å². The average molecular weight is 390 g/mol. The molecule has 1 fully saturated rings. The molecular formula is C22H22N4O3. The van der Waals surface area contributed by atoms with Gasteiger partial charge >= 0.3 is 6.03 Å². The Morgan fingerprint density at radius 1 is 1.07 bits per heavy atom. The Kier molecular flexibility index (Phi) is 4.80. The zero-order chi connectivity index (χ0) is 20.4. The largest absolute Gasteiger partial charge is 0.361 e. The van der Waals surface area contributed by atoms with E-state index in [0.29, 0.717) is 12.0 Å². The van der Waals surface area contributed by atoms with Crippen molar-refractivity contribution in [3.8, 4) is 0 Å². The third-order valence-corrected chi connectivity index (χ3v) is 5.30. The van der Waals surface area contributed by atoms with Crippen molar-refractivity contribution in [2.24, 2.45) is 0 Å². The number of imide groups is 1. The number of hydrogen-bond donors (Lipinski definition) is 3. The summed E-state index contributed by atoms with van der Waals surface area (Å²) in [6.45, 7) is 1.63. The number of fused-ring (bicyclic) bond motifs is 1. The number of aryl methyl sites for hydroxylation is 1. The van der Waals surface area contributed by atoms with Crippen molar-refractivity contribution in [2.75, 3.05) is 0 Å². The number of rotatable bonds is 6. The van der Waals surface area contributed by atoms with Gasteiger partial charge in [0.15, 0.2) is 0 Å². The molecule has 1 atom stereocenters. The zero-order valence-corrected chi connectivity index (χ0v) is 16.1. The molecule has 1 aromatic heterocycles. The molecule has 1 unspecified atom stereocenters. The summed E-state index contributed by atoms with van der Waals surface area (Å²) in [5.74, 6) is -0.871. The molecule has 7 heteroatoms. The molecule has 4 rings (SSSR count). The van der Waals surface area contributed by atoms with Gasteiger partial charge in [-0.3, -0.25) is 15.0 Å². The molecule has 0 saturated carbocycles. The fourth-order valence-electron chi connectivity index (χ4n) is 3.67. The minimum Gasteiger partial charge on any atom is -0.361 e. The molecule has 7 nitrogen and oxygen atoms in total. The van der Waals surface area contributed by atoms with E-state index >= 15 is 0 Å². The van der Waals surface area contributed by atoms with Crippen LogP contribution in [0.2, 0.25) is 0 Å². The molecule has 29 heavy (non-hydrogen) atoms. The predicted octanol–water partition coefficient (Wildman–Crippen LogP) is 2.99. The Hall–Kier alpha value is -3.61. The molecule has 0 radical (unpaired) electrons. The normalized spacial score (nSPS) is 18.9. The van der Waals surface area contributed by atoms with Gasteiger partial charge in [-0.15, -0.1) is 0 Å². The van der Waals surface area contributed by atoms with Crippen LogP contribution in [0.4, 0.5) is 4.79 Å². The Labute approximate surface area is 168 Å². The number of amides is 4. The lowest BCUT2D eigenvalue weighted by Gasteiger charge is -2.22. The van der Waals surface area contributed by atoms with Crippen LogP contribution in [0.1, 0.15) is 30.9 Å². The maximum Gasteiger partial charge on any atom is 0.344 e. The standard InChI is InChI=1S/C22H22N4O3/c1-22(16-9-3-2-4-10-16)20(28)26(21(29)24-22)25-19(27)13-7-8-15-14-23-18-12-6-5-11-17(15)18/h2-6,9-12,14,23H,7-8,13H2,1H3,(H,24,29)(H,25,27). The lowest BCUT2D eigenvalue weighted by molar-refractivity contribution is -0.139. The van der Waals surface area contributed by atoms with E-state index in [1.807, 2.05) is 36.5 Å².